The van der Waals surface area contributed by atoms with Gasteiger partial charge in [-0.15, -0.1) is 0 Å². The summed E-state index contributed by atoms with van der Waals surface area (Å²) in [6.07, 6.45) is 7.82. The maximum Gasteiger partial charge on any atom is 0.196 e. The van der Waals surface area contributed by atoms with Gasteiger partial charge in [0.2, 0.25) is 0 Å². The number of fused-ring (bicyclic) bond motifs is 3. The molecule has 166 valence electrons. The normalized spacial score (nSPS) is 11.3. The van der Waals surface area contributed by atoms with E-state index >= 15 is 0 Å². The van der Waals surface area contributed by atoms with Crippen molar-refractivity contribution in [3.8, 4) is 11.5 Å². The summed E-state index contributed by atoms with van der Waals surface area (Å²) in [6.45, 7) is 0. The highest BCUT2D eigenvalue weighted by molar-refractivity contribution is 6.36. The molecule has 0 bridgehead atoms. The lowest BCUT2D eigenvalue weighted by molar-refractivity contribution is 0.104. The van der Waals surface area contributed by atoms with Gasteiger partial charge >= 0.3 is 0 Å². The molecule has 0 aliphatic rings. The van der Waals surface area contributed by atoms with Crippen LogP contribution in [0.15, 0.2) is 79.4 Å². The van der Waals surface area contributed by atoms with Crippen molar-refractivity contribution < 1.29 is 9.53 Å². The average molecular weight is 468 g/mol. The van der Waals surface area contributed by atoms with E-state index in [0.29, 0.717) is 50.6 Å². The highest BCUT2D eigenvalue weighted by Crippen LogP contribution is 2.31. The molecule has 0 amide bonds. The Kier molecular flexibility index (Phi) is 4.89. The standard InChI is InChI=1S/C26H18ClN5O2/c27-20-11-17(34-16-4-2-1-3-5-16)6-7-18(20)25(33)19-13-29-26-23(19)24-21(14-30-26)31-22(32-24)10-15-8-9-28-12-15/h1-9,11-14,28H,10H2,(H,29,30)(H,31,32). The molecule has 0 atom stereocenters. The Morgan fingerprint density at radius 3 is 2.68 bits per heavy atom. The number of para-hydroxylation sites is 1. The molecule has 0 aliphatic carbocycles. The van der Waals surface area contributed by atoms with Crippen molar-refractivity contribution >= 4 is 39.5 Å². The largest absolute Gasteiger partial charge is 0.457 e. The van der Waals surface area contributed by atoms with Crippen LogP contribution in [0.2, 0.25) is 5.02 Å². The van der Waals surface area contributed by atoms with E-state index in [2.05, 4.69) is 19.9 Å². The van der Waals surface area contributed by atoms with Crippen LogP contribution in [0.5, 0.6) is 11.5 Å². The van der Waals surface area contributed by atoms with Crippen LogP contribution in [0.25, 0.3) is 22.1 Å². The van der Waals surface area contributed by atoms with Gasteiger partial charge in [-0.25, -0.2) is 9.97 Å². The van der Waals surface area contributed by atoms with E-state index in [1.807, 2.05) is 48.8 Å². The number of ketones is 1. The van der Waals surface area contributed by atoms with Crippen molar-refractivity contribution in [3.05, 3.63) is 107 Å². The van der Waals surface area contributed by atoms with Gasteiger partial charge in [-0.05, 0) is 35.9 Å². The number of halogens is 1. The van der Waals surface area contributed by atoms with Gasteiger partial charge in [-0.1, -0.05) is 29.8 Å². The predicted molar refractivity (Wildman–Crippen MR) is 131 cm³/mol. The van der Waals surface area contributed by atoms with Gasteiger partial charge in [0.25, 0.3) is 0 Å². The van der Waals surface area contributed by atoms with Crippen molar-refractivity contribution in [2.45, 2.75) is 6.42 Å². The molecule has 3 N–H and O–H groups in total. The first-order valence-electron chi connectivity index (χ1n) is 10.7. The molecule has 0 fully saturated rings. The summed E-state index contributed by atoms with van der Waals surface area (Å²) < 4.78 is 5.83. The molecule has 0 aliphatic heterocycles. The molecule has 0 saturated heterocycles. The van der Waals surface area contributed by atoms with E-state index in [-0.39, 0.29) is 5.78 Å². The number of carbonyl (C=O) groups excluding carboxylic acids is 1. The van der Waals surface area contributed by atoms with Crippen molar-refractivity contribution in [1.29, 1.82) is 0 Å². The fourth-order valence-electron chi connectivity index (χ4n) is 4.04. The zero-order valence-corrected chi connectivity index (χ0v) is 18.6. The summed E-state index contributed by atoms with van der Waals surface area (Å²) in [5, 5.41) is 0.975. The van der Waals surface area contributed by atoms with E-state index in [1.165, 1.54) is 0 Å². The molecular weight excluding hydrogens is 450 g/mol. The zero-order chi connectivity index (χ0) is 23.1. The second-order valence-corrected chi connectivity index (χ2v) is 8.32. The smallest absolute Gasteiger partial charge is 0.196 e. The van der Waals surface area contributed by atoms with E-state index in [1.54, 1.807) is 30.6 Å². The molecule has 4 heterocycles. The van der Waals surface area contributed by atoms with Crippen molar-refractivity contribution in [2.75, 3.05) is 0 Å². The molecule has 0 spiro atoms. The Hall–Kier alpha value is -4.36. The Balaban J connectivity index is 1.36. The van der Waals surface area contributed by atoms with Crippen LogP contribution in [0.4, 0.5) is 0 Å². The van der Waals surface area contributed by atoms with Crippen LogP contribution in [0.1, 0.15) is 27.3 Å². The highest BCUT2D eigenvalue weighted by atomic mass is 35.5. The molecule has 34 heavy (non-hydrogen) atoms. The van der Waals surface area contributed by atoms with Crippen molar-refractivity contribution in [2.24, 2.45) is 0 Å². The predicted octanol–water partition coefficient (Wildman–Crippen LogP) is 6.03. The van der Waals surface area contributed by atoms with Gasteiger partial charge in [-0.3, -0.25) is 4.79 Å². The number of H-pyrrole nitrogens is 3. The lowest BCUT2D eigenvalue weighted by Gasteiger charge is -2.08. The Labute approximate surface area is 198 Å². The van der Waals surface area contributed by atoms with Crippen molar-refractivity contribution in [3.63, 3.8) is 0 Å². The number of nitrogens with one attached hydrogen (secondary N) is 3. The number of hydrogen-bond donors (Lipinski definition) is 3. The summed E-state index contributed by atoms with van der Waals surface area (Å²) in [7, 11) is 0. The van der Waals surface area contributed by atoms with Gasteiger partial charge < -0.3 is 19.7 Å². The molecule has 8 heteroatoms. The molecule has 4 aromatic heterocycles. The minimum absolute atomic E-state index is 0.216. The van der Waals surface area contributed by atoms with Crippen molar-refractivity contribution in [1.82, 2.24) is 24.9 Å². The SMILES string of the molecule is O=C(c1ccc(Oc2ccccc2)cc1Cl)c1c[nH]c2ncc3[nH]c(Cc4cc[nH]c4)nc3c12. The van der Waals surface area contributed by atoms with E-state index in [9.17, 15) is 4.79 Å². The second kappa shape index (κ2) is 8.20. The van der Waals surface area contributed by atoms with Crippen LogP contribution >= 0.6 is 11.6 Å². The van der Waals surface area contributed by atoms with Gasteiger partial charge in [0.1, 0.15) is 28.5 Å². The maximum absolute atomic E-state index is 13.5. The third kappa shape index (κ3) is 3.62. The molecule has 2 aromatic carbocycles. The highest BCUT2D eigenvalue weighted by Gasteiger charge is 2.21. The number of rotatable bonds is 6. The summed E-state index contributed by atoms with van der Waals surface area (Å²) in [4.78, 5) is 32.2. The molecule has 6 aromatic rings. The lowest BCUT2D eigenvalue weighted by Crippen LogP contribution is -2.02. The first-order chi connectivity index (χ1) is 16.7. The number of hydrogen-bond acceptors (Lipinski definition) is 4. The molecule has 7 nitrogen and oxygen atoms in total. The summed E-state index contributed by atoms with van der Waals surface area (Å²) >= 11 is 6.51. The van der Waals surface area contributed by atoms with Gasteiger partial charge in [0.15, 0.2) is 5.78 Å². The van der Waals surface area contributed by atoms with Crippen LogP contribution < -0.4 is 4.74 Å². The number of aromatic nitrogens is 5. The maximum atomic E-state index is 13.5. The molecule has 0 saturated carbocycles. The van der Waals surface area contributed by atoms with Crippen LogP contribution in [0.3, 0.4) is 0 Å². The summed E-state index contributed by atoms with van der Waals surface area (Å²) in [5.41, 5.74) is 4.01. The quantitative estimate of drug-likeness (QED) is 0.260. The van der Waals surface area contributed by atoms with Gasteiger partial charge in [0, 0.05) is 36.6 Å². The minimum atomic E-state index is -0.216. The summed E-state index contributed by atoms with van der Waals surface area (Å²) in [6, 6.07) is 16.5. The van der Waals surface area contributed by atoms with E-state index < -0.39 is 0 Å². The third-order valence-corrected chi connectivity index (χ3v) is 5.96. The number of aromatic amines is 3. The van der Waals surface area contributed by atoms with Gasteiger partial charge in [0.05, 0.1) is 27.7 Å². The Bertz CT molecular complexity index is 1630. The third-order valence-electron chi connectivity index (χ3n) is 5.64. The lowest BCUT2D eigenvalue weighted by atomic mass is 10.0. The minimum Gasteiger partial charge on any atom is -0.457 e. The number of nitrogens with zero attached hydrogens (tertiary/aromatic N) is 2. The fourth-order valence-corrected chi connectivity index (χ4v) is 4.30. The number of imidazole rings is 1. The number of carbonyl (C=O) groups is 1. The van der Waals surface area contributed by atoms with Gasteiger partial charge in [-0.2, -0.15) is 0 Å². The monoisotopic (exact) mass is 467 g/mol. The first kappa shape index (κ1) is 20.3. The Morgan fingerprint density at radius 2 is 1.88 bits per heavy atom. The Morgan fingerprint density at radius 1 is 1.00 bits per heavy atom. The molecule has 6 rings (SSSR count). The first-order valence-corrected chi connectivity index (χ1v) is 11.1. The topological polar surface area (TPSA) is 99.5 Å². The number of pyridine rings is 1. The second-order valence-electron chi connectivity index (χ2n) is 7.91. The zero-order valence-electron chi connectivity index (χ0n) is 17.8. The van der Waals surface area contributed by atoms with E-state index in [4.69, 9.17) is 21.3 Å². The van der Waals surface area contributed by atoms with Crippen LogP contribution in [0, 0.1) is 0 Å². The fraction of sp³-hybridized carbons (Fsp3) is 0.0385. The molecule has 0 unspecified atom stereocenters. The number of benzene rings is 2. The average Bonchev–Trinajstić information content (AvgIpc) is 3.59. The van der Waals surface area contributed by atoms with Crippen LogP contribution in [-0.2, 0) is 6.42 Å². The van der Waals surface area contributed by atoms with E-state index in [0.717, 1.165) is 16.9 Å². The number of ether oxygens (including phenoxy) is 1. The molecular formula is C26H18ClN5O2. The molecule has 0 radical (unpaired) electrons. The summed E-state index contributed by atoms with van der Waals surface area (Å²) in [5.74, 6) is 1.82. The van der Waals surface area contributed by atoms with Crippen LogP contribution in [-0.4, -0.2) is 30.7 Å².